The molecule has 1 amide bonds. The molecule has 6 heteroatoms. The van der Waals surface area contributed by atoms with Gasteiger partial charge in [-0.3, -0.25) is 4.79 Å². The Labute approximate surface area is 130 Å². The van der Waals surface area contributed by atoms with Gasteiger partial charge in [-0.2, -0.15) is 0 Å². The van der Waals surface area contributed by atoms with E-state index in [4.69, 9.17) is 16.3 Å². The van der Waals surface area contributed by atoms with Gasteiger partial charge in [0, 0.05) is 30.7 Å². The van der Waals surface area contributed by atoms with Crippen LogP contribution in [0, 0.1) is 0 Å². The Kier molecular flexibility index (Phi) is 7.13. The number of halogens is 2. The third-order valence-electron chi connectivity index (χ3n) is 3.12. The first-order valence-corrected chi connectivity index (χ1v) is 6.92. The summed E-state index contributed by atoms with van der Waals surface area (Å²) < 4.78 is 5.53. The molecule has 1 N–H and O–H groups in total. The van der Waals surface area contributed by atoms with E-state index in [0.29, 0.717) is 24.1 Å². The second-order valence-corrected chi connectivity index (χ2v) is 5.18. The number of benzene rings is 1. The molecule has 0 radical (unpaired) electrons. The van der Waals surface area contributed by atoms with Crippen LogP contribution in [0.25, 0.3) is 0 Å². The molecule has 1 aliphatic rings. The van der Waals surface area contributed by atoms with Crippen LogP contribution < -0.4 is 10.1 Å². The number of nitrogens with one attached hydrogen (secondary N) is 1. The zero-order chi connectivity index (χ0) is 13.7. The summed E-state index contributed by atoms with van der Waals surface area (Å²) >= 11 is 5.79. The predicted molar refractivity (Wildman–Crippen MR) is 82.9 cm³/mol. The average molecular weight is 319 g/mol. The maximum Gasteiger partial charge on any atom is 0.226 e. The molecular weight excluding hydrogens is 299 g/mol. The quantitative estimate of drug-likeness (QED) is 0.926. The van der Waals surface area contributed by atoms with Crippen LogP contribution in [-0.2, 0) is 4.79 Å². The molecule has 1 aromatic carbocycles. The topological polar surface area (TPSA) is 41.6 Å². The van der Waals surface area contributed by atoms with Gasteiger partial charge in [0.1, 0.15) is 5.75 Å². The third kappa shape index (κ3) is 5.19. The van der Waals surface area contributed by atoms with E-state index in [9.17, 15) is 4.79 Å². The summed E-state index contributed by atoms with van der Waals surface area (Å²) in [4.78, 5) is 13.9. The van der Waals surface area contributed by atoms with Gasteiger partial charge in [0.15, 0.2) is 0 Å². The van der Waals surface area contributed by atoms with Crippen molar-refractivity contribution in [3.8, 4) is 5.75 Å². The lowest BCUT2D eigenvalue weighted by atomic mass is 10.2. The number of rotatable bonds is 4. The van der Waals surface area contributed by atoms with E-state index in [1.54, 1.807) is 24.3 Å². The lowest BCUT2D eigenvalue weighted by molar-refractivity contribution is -0.132. The Balaban J connectivity index is 0.00000200. The Bertz CT molecular complexity index is 426. The molecule has 0 bridgehead atoms. The van der Waals surface area contributed by atoms with Crippen LogP contribution in [0.2, 0.25) is 5.02 Å². The molecule has 20 heavy (non-hydrogen) atoms. The summed E-state index contributed by atoms with van der Waals surface area (Å²) in [5, 5.41) is 4.00. The minimum absolute atomic E-state index is 0. The maximum absolute atomic E-state index is 12.0. The summed E-state index contributed by atoms with van der Waals surface area (Å²) in [5.41, 5.74) is 0. The number of hydrogen-bond donors (Lipinski definition) is 1. The molecule has 1 aliphatic heterocycles. The van der Waals surface area contributed by atoms with E-state index >= 15 is 0 Å². The highest BCUT2D eigenvalue weighted by Gasteiger charge is 2.19. The van der Waals surface area contributed by atoms with Crippen molar-refractivity contribution in [2.24, 2.45) is 0 Å². The average Bonchev–Trinajstić information content (AvgIpc) is 2.41. The smallest absolute Gasteiger partial charge is 0.226 e. The molecule has 1 unspecified atom stereocenters. The summed E-state index contributed by atoms with van der Waals surface area (Å²) in [7, 11) is 0. The van der Waals surface area contributed by atoms with E-state index in [-0.39, 0.29) is 18.3 Å². The van der Waals surface area contributed by atoms with Crippen LogP contribution in [0.1, 0.15) is 13.3 Å². The highest BCUT2D eigenvalue weighted by molar-refractivity contribution is 6.30. The molecule has 0 aromatic heterocycles. The zero-order valence-corrected chi connectivity index (χ0v) is 13.0. The number of ether oxygens (including phenoxy) is 1. The lowest BCUT2D eigenvalue weighted by Crippen LogP contribution is -2.51. The Morgan fingerprint density at radius 2 is 2.15 bits per heavy atom. The van der Waals surface area contributed by atoms with Crippen molar-refractivity contribution in [3.05, 3.63) is 29.3 Å². The number of hydrogen-bond acceptors (Lipinski definition) is 3. The molecule has 4 nitrogen and oxygen atoms in total. The minimum atomic E-state index is 0. The number of carbonyl (C=O) groups is 1. The van der Waals surface area contributed by atoms with E-state index in [1.165, 1.54) is 0 Å². The maximum atomic E-state index is 12.0. The fraction of sp³-hybridized carbons (Fsp3) is 0.500. The van der Waals surface area contributed by atoms with Gasteiger partial charge in [0.2, 0.25) is 5.91 Å². The van der Waals surface area contributed by atoms with E-state index < -0.39 is 0 Å². The van der Waals surface area contributed by atoms with Crippen molar-refractivity contribution in [2.45, 2.75) is 19.4 Å². The Morgan fingerprint density at radius 3 is 2.80 bits per heavy atom. The van der Waals surface area contributed by atoms with E-state index in [2.05, 4.69) is 12.2 Å². The first-order valence-electron chi connectivity index (χ1n) is 6.54. The predicted octanol–water partition coefficient (Wildman–Crippen LogP) is 2.35. The first-order chi connectivity index (χ1) is 9.15. The molecule has 1 aromatic rings. The van der Waals surface area contributed by atoms with Crippen LogP contribution in [0.5, 0.6) is 5.75 Å². The lowest BCUT2D eigenvalue weighted by Gasteiger charge is -2.31. The normalized spacial score (nSPS) is 18.3. The first kappa shape index (κ1) is 17.1. The Morgan fingerprint density at radius 1 is 1.45 bits per heavy atom. The molecule has 0 saturated carbocycles. The largest absolute Gasteiger partial charge is 0.493 e. The second kappa shape index (κ2) is 8.35. The molecule has 112 valence electrons. The molecule has 0 aliphatic carbocycles. The number of nitrogens with zero attached hydrogens (tertiary/aromatic N) is 1. The van der Waals surface area contributed by atoms with Crippen LogP contribution >= 0.6 is 24.0 Å². The van der Waals surface area contributed by atoms with Gasteiger partial charge in [-0.15, -0.1) is 12.4 Å². The van der Waals surface area contributed by atoms with Crippen molar-refractivity contribution in [3.63, 3.8) is 0 Å². The van der Waals surface area contributed by atoms with Gasteiger partial charge in [-0.05, 0) is 31.2 Å². The number of carbonyl (C=O) groups excluding carboxylic acids is 1. The molecule has 1 fully saturated rings. The van der Waals surface area contributed by atoms with Gasteiger partial charge in [-0.25, -0.2) is 0 Å². The molecule has 1 heterocycles. The van der Waals surface area contributed by atoms with Gasteiger partial charge >= 0.3 is 0 Å². The number of piperazine rings is 1. The molecular formula is C14H20Cl2N2O2. The zero-order valence-electron chi connectivity index (χ0n) is 11.5. The Hall–Kier alpha value is -0.970. The van der Waals surface area contributed by atoms with Gasteiger partial charge in [0.25, 0.3) is 0 Å². The highest BCUT2D eigenvalue weighted by Crippen LogP contribution is 2.15. The summed E-state index contributed by atoms with van der Waals surface area (Å²) in [5.74, 6) is 0.896. The molecule has 0 spiro atoms. The van der Waals surface area contributed by atoms with Crippen molar-refractivity contribution >= 4 is 29.9 Å². The second-order valence-electron chi connectivity index (χ2n) is 4.75. The highest BCUT2D eigenvalue weighted by atomic mass is 35.5. The standard InChI is InChI=1S/C14H19ClN2O2.ClH/c1-11-10-17(8-7-16-11)14(18)6-9-19-13-4-2-12(15)3-5-13;/h2-5,11,16H,6-10H2,1H3;1H. The summed E-state index contributed by atoms with van der Waals surface area (Å²) in [6.07, 6.45) is 0.412. The molecule has 1 atom stereocenters. The molecule has 2 rings (SSSR count). The van der Waals surface area contributed by atoms with Crippen molar-refractivity contribution in [1.29, 1.82) is 0 Å². The van der Waals surface area contributed by atoms with Crippen LogP contribution in [0.15, 0.2) is 24.3 Å². The monoisotopic (exact) mass is 318 g/mol. The van der Waals surface area contributed by atoms with Crippen LogP contribution in [0.3, 0.4) is 0 Å². The van der Waals surface area contributed by atoms with Crippen LogP contribution in [0.4, 0.5) is 0 Å². The van der Waals surface area contributed by atoms with Gasteiger partial charge in [0.05, 0.1) is 13.0 Å². The van der Waals surface area contributed by atoms with Crippen molar-refractivity contribution < 1.29 is 9.53 Å². The van der Waals surface area contributed by atoms with Crippen molar-refractivity contribution in [2.75, 3.05) is 26.2 Å². The van der Waals surface area contributed by atoms with E-state index in [0.717, 1.165) is 25.4 Å². The van der Waals surface area contributed by atoms with E-state index in [1.807, 2.05) is 4.90 Å². The minimum Gasteiger partial charge on any atom is -0.493 e. The van der Waals surface area contributed by atoms with Crippen LogP contribution in [-0.4, -0.2) is 43.1 Å². The van der Waals surface area contributed by atoms with Gasteiger partial charge in [-0.1, -0.05) is 11.6 Å². The summed E-state index contributed by atoms with van der Waals surface area (Å²) in [6, 6.07) is 7.53. The fourth-order valence-electron chi connectivity index (χ4n) is 2.10. The summed E-state index contributed by atoms with van der Waals surface area (Å²) in [6.45, 7) is 4.91. The fourth-order valence-corrected chi connectivity index (χ4v) is 2.23. The SMILES string of the molecule is CC1CN(C(=O)CCOc2ccc(Cl)cc2)CCN1.Cl. The van der Waals surface area contributed by atoms with Gasteiger partial charge < -0.3 is 15.0 Å². The molecule has 1 saturated heterocycles. The number of amides is 1. The van der Waals surface area contributed by atoms with Crippen molar-refractivity contribution in [1.82, 2.24) is 10.2 Å². The third-order valence-corrected chi connectivity index (χ3v) is 3.37.